The fourth-order valence-corrected chi connectivity index (χ4v) is 8.24. The molecule has 7 heteroatoms. The predicted molar refractivity (Wildman–Crippen MR) is 152 cm³/mol. The molecule has 0 amide bonds. The second-order valence-corrected chi connectivity index (χ2v) is 12.1. The van der Waals surface area contributed by atoms with Crippen LogP contribution in [-0.2, 0) is 13.5 Å². The van der Waals surface area contributed by atoms with E-state index >= 15 is 0 Å². The summed E-state index contributed by atoms with van der Waals surface area (Å²) in [6.45, 7) is 2.42. The SMILES string of the molecule is C#C[C@@H]1CC[C@H]2[C@@H]3CCc4cc(Oc5nc(Cl)nc(-c6c7ccccc7cn6C)n5)c(O)cc4[C@H]3CC[C@]12C. The van der Waals surface area contributed by atoms with Crippen LogP contribution >= 0.6 is 11.6 Å². The number of nitrogens with zero attached hydrogens (tertiary/aromatic N) is 4. The summed E-state index contributed by atoms with van der Waals surface area (Å²) in [7, 11) is 1.95. The molecule has 2 saturated carbocycles. The number of aromatic hydroxyl groups is 1. The van der Waals surface area contributed by atoms with Crippen LogP contribution in [0.3, 0.4) is 0 Å². The number of hydrogen-bond acceptors (Lipinski definition) is 5. The number of phenols is 1. The number of halogens is 1. The van der Waals surface area contributed by atoms with Gasteiger partial charge < -0.3 is 14.4 Å². The molecule has 3 aliphatic carbocycles. The Labute approximate surface area is 233 Å². The summed E-state index contributed by atoms with van der Waals surface area (Å²) in [5.41, 5.74) is 3.56. The van der Waals surface area contributed by atoms with Crippen molar-refractivity contribution in [1.29, 1.82) is 0 Å². The van der Waals surface area contributed by atoms with E-state index in [9.17, 15) is 5.11 Å². The molecule has 5 atom stereocenters. The molecule has 3 aliphatic rings. The molecule has 198 valence electrons. The van der Waals surface area contributed by atoms with Crippen molar-refractivity contribution in [3.63, 3.8) is 0 Å². The Balaban J connectivity index is 1.20. The first-order valence-electron chi connectivity index (χ1n) is 13.8. The first-order chi connectivity index (χ1) is 18.9. The number of fused-ring (bicyclic) bond motifs is 6. The highest BCUT2D eigenvalue weighted by atomic mass is 35.5. The van der Waals surface area contributed by atoms with Crippen LogP contribution in [0.25, 0.3) is 22.3 Å². The molecule has 0 aliphatic heterocycles. The van der Waals surface area contributed by atoms with Gasteiger partial charge in [0.2, 0.25) is 5.28 Å². The molecule has 0 radical (unpaired) electrons. The first-order valence-corrected chi connectivity index (χ1v) is 14.2. The zero-order chi connectivity index (χ0) is 26.9. The van der Waals surface area contributed by atoms with Gasteiger partial charge in [0.05, 0.1) is 5.69 Å². The van der Waals surface area contributed by atoms with E-state index < -0.39 is 0 Å². The number of phenolic OH excluding ortho intramolecular Hbond substituents is 1. The normalized spacial score (nSPS) is 27.4. The third-order valence-corrected chi connectivity index (χ3v) is 10.1. The van der Waals surface area contributed by atoms with Crippen LogP contribution in [0, 0.1) is 35.5 Å². The van der Waals surface area contributed by atoms with Crippen molar-refractivity contribution in [2.45, 2.75) is 51.4 Å². The third-order valence-electron chi connectivity index (χ3n) is 9.91. The molecule has 1 N–H and O–H groups in total. The topological polar surface area (TPSA) is 73.1 Å². The lowest BCUT2D eigenvalue weighted by molar-refractivity contribution is 0.0431. The zero-order valence-electron chi connectivity index (χ0n) is 22.2. The Morgan fingerprint density at radius 3 is 2.82 bits per heavy atom. The lowest BCUT2D eigenvalue weighted by Gasteiger charge is -2.50. The van der Waals surface area contributed by atoms with E-state index in [0.29, 0.717) is 35.2 Å². The van der Waals surface area contributed by atoms with E-state index in [1.165, 1.54) is 17.5 Å². The van der Waals surface area contributed by atoms with Gasteiger partial charge in [0.1, 0.15) is 0 Å². The van der Waals surface area contributed by atoms with Gasteiger partial charge in [-0.2, -0.15) is 15.0 Å². The summed E-state index contributed by atoms with van der Waals surface area (Å²) in [6, 6.07) is 12.0. The Bertz CT molecular complexity index is 1660. The van der Waals surface area contributed by atoms with Gasteiger partial charge in [-0.25, -0.2) is 0 Å². The van der Waals surface area contributed by atoms with E-state index in [0.717, 1.165) is 48.6 Å². The highest BCUT2D eigenvalue weighted by Gasteiger charge is 2.54. The lowest BCUT2D eigenvalue weighted by atomic mass is 9.54. The van der Waals surface area contributed by atoms with Gasteiger partial charge in [0, 0.05) is 29.9 Å². The van der Waals surface area contributed by atoms with Gasteiger partial charge in [0.25, 0.3) is 0 Å². The maximum absolute atomic E-state index is 11.1. The monoisotopic (exact) mass is 538 g/mol. The molecule has 2 aromatic carbocycles. The minimum atomic E-state index is 0.0349. The Kier molecular flexibility index (Phi) is 5.64. The lowest BCUT2D eigenvalue weighted by Crippen LogP contribution is -2.42. The first kappa shape index (κ1) is 24.5. The molecule has 6 nitrogen and oxygen atoms in total. The van der Waals surface area contributed by atoms with E-state index in [-0.39, 0.29) is 22.5 Å². The molecule has 2 aromatic heterocycles. The van der Waals surface area contributed by atoms with Crippen molar-refractivity contribution in [1.82, 2.24) is 19.5 Å². The van der Waals surface area contributed by atoms with Crippen molar-refractivity contribution < 1.29 is 9.84 Å². The van der Waals surface area contributed by atoms with Crippen LogP contribution in [0.4, 0.5) is 0 Å². The van der Waals surface area contributed by atoms with Crippen molar-refractivity contribution in [2.24, 2.45) is 30.2 Å². The summed E-state index contributed by atoms with van der Waals surface area (Å²) in [6.07, 6.45) is 14.7. The van der Waals surface area contributed by atoms with Gasteiger partial charge >= 0.3 is 6.01 Å². The number of rotatable bonds is 3. The maximum atomic E-state index is 11.1. The summed E-state index contributed by atoms with van der Waals surface area (Å²) in [5.74, 6) is 6.07. The van der Waals surface area contributed by atoms with Gasteiger partial charge in [-0.15, -0.1) is 12.3 Å². The fraction of sp³-hybridized carbons (Fsp3) is 0.406. The van der Waals surface area contributed by atoms with Crippen LogP contribution in [0.1, 0.15) is 56.1 Å². The summed E-state index contributed by atoms with van der Waals surface area (Å²) in [4.78, 5) is 13.2. The van der Waals surface area contributed by atoms with Crippen LogP contribution in [0.15, 0.2) is 42.6 Å². The average Bonchev–Trinajstić information content (AvgIpc) is 3.44. The summed E-state index contributed by atoms with van der Waals surface area (Å²) in [5, 5.41) is 13.2. The minimum Gasteiger partial charge on any atom is -0.504 e. The second-order valence-electron chi connectivity index (χ2n) is 11.8. The van der Waals surface area contributed by atoms with Gasteiger partial charge in [-0.05, 0) is 96.6 Å². The van der Waals surface area contributed by atoms with Crippen LogP contribution in [0.5, 0.6) is 17.5 Å². The van der Waals surface area contributed by atoms with E-state index in [4.69, 9.17) is 22.8 Å². The number of terminal acetylenes is 1. The Morgan fingerprint density at radius 1 is 1.13 bits per heavy atom. The van der Waals surface area contributed by atoms with E-state index in [2.05, 4.69) is 27.8 Å². The largest absolute Gasteiger partial charge is 0.504 e. The highest BCUT2D eigenvalue weighted by Crippen LogP contribution is 2.63. The molecule has 0 saturated heterocycles. The molecule has 39 heavy (non-hydrogen) atoms. The third kappa shape index (κ3) is 3.82. The highest BCUT2D eigenvalue weighted by molar-refractivity contribution is 6.28. The molecule has 0 spiro atoms. The molecular weight excluding hydrogens is 508 g/mol. The summed E-state index contributed by atoms with van der Waals surface area (Å²) < 4.78 is 8.04. The quantitative estimate of drug-likeness (QED) is 0.277. The van der Waals surface area contributed by atoms with Crippen LogP contribution < -0.4 is 4.74 Å². The molecule has 2 fully saturated rings. The van der Waals surface area contributed by atoms with Crippen LogP contribution in [0.2, 0.25) is 5.28 Å². The number of benzene rings is 2. The smallest absolute Gasteiger partial charge is 0.327 e. The maximum Gasteiger partial charge on any atom is 0.327 e. The Hall–Kier alpha value is -3.56. The van der Waals surface area contributed by atoms with Crippen LogP contribution in [-0.4, -0.2) is 24.6 Å². The van der Waals surface area contributed by atoms with Crippen molar-refractivity contribution in [2.75, 3.05) is 0 Å². The van der Waals surface area contributed by atoms with Gasteiger partial charge in [-0.1, -0.05) is 31.2 Å². The number of hydrogen-bond donors (Lipinski definition) is 1. The minimum absolute atomic E-state index is 0.0349. The fourth-order valence-electron chi connectivity index (χ4n) is 8.09. The predicted octanol–water partition coefficient (Wildman–Crippen LogP) is 7.29. The summed E-state index contributed by atoms with van der Waals surface area (Å²) >= 11 is 6.32. The van der Waals surface area contributed by atoms with Gasteiger partial charge in [-0.3, -0.25) is 0 Å². The van der Waals surface area contributed by atoms with Crippen molar-refractivity contribution >= 4 is 22.4 Å². The standard InChI is InChI=1S/C32H31ClN4O2/c1-4-20-10-12-25-23-11-9-18-15-27(26(38)16-24(18)22(23)13-14-32(20,25)2)39-31-35-29(34-30(33)36-31)28-21-8-6-5-7-19(21)17-37(28)3/h1,5-8,15-17,20,22-23,25,38H,9-14H2,2-3H3/t20-,22+,23-,25+,32-/m1/s1. The second kappa shape index (κ2) is 8.99. The molecule has 0 bridgehead atoms. The number of ether oxygens (including phenoxy) is 1. The number of aromatic nitrogens is 4. The van der Waals surface area contributed by atoms with E-state index in [1.807, 2.05) is 54.2 Å². The average molecular weight is 539 g/mol. The van der Waals surface area contributed by atoms with E-state index in [1.54, 1.807) is 0 Å². The molecule has 7 rings (SSSR count). The molecular formula is C32H31ClN4O2. The molecule has 2 heterocycles. The molecule has 0 unspecified atom stereocenters. The van der Waals surface area contributed by atoms with Gasteiger partial charge in [0.15, 0.2) is 17.3 Å². The molecule has 4 aromatic rings. The zero-order valence-corrected chi connectivity index (χ0v) is 22.9. The Morgan fingerprint density at radius 2 is 1.97 bits per heavy atom. The number of aryl methyl sites for hydroxylation is 2. The van der Waals surface area contributed by atoms with Crippen molar-refractivity contribution in [3.8, 4) is 41.4 Å². The van der Waals surface area contributed by atoms with Crippen molar-refractivity contribution in [3.05, 3.63) is 59.0 Å².